The van der Waals surface area contributed by atoms with Crippen LogP contribution in [0, 0.1) is 5.41 Å². The highest BCUT2D eigenvalue weighted by Crippen LogP contribution is 2.25. The number of rotatable bonds is 10. The lowest BCUT2D eigenvalue weighted by molar-refractivity contribution is -0.171. The summed E-state index contributed by atoms with van der Waals surface area (Å²) >= 11 is 0. The predicted molar refractivity (Wildman–Crippen MR) is 80.6 cm³/mol. The molecule has 9 nitrogen and oxygen atoms in total. The Morgan fingerprint density at radius 2 is 1.00 bits per heavy atom. The van der Waals surface area contributed by atoms with E-state index < -0.39 is 41.6 Å². The van der Waals surface area contributed by atoms with Gasteiger partial charge in [-0.3, -0.25) is 0 Å². The summed E-state index contributed by atoms with van der Waals surface area (Å²) in [5.74, 6) is -2.63. The lowest BCUT2D eigenvalue weighted by atomic mass is 9.88. The molecular formula is C15H26O9. The van der Waals surface area contributed by atoms with Crippen molar-refractivity contribution in [1.82, 2.24) is 0 Å². The average Bonchev–Trinajstić information content (AvgIpc) is 2.53. The van der Waals surface area contributed by atoms with E-state index in [1.165, 1.54) is 20.8 Å². The van der Waals surface area contributed by atoms with Crippen LogP contribution in [-0.4, -0.2) is 71.4 Å². The van der Waals surface area contributed by atoms with Gasteiger partial charge in [0.25, 0.3) is 0 Å². The lowest BCUT2D eigenvalue weighted by Crippen LogP contribution is -2.41. The van der Waals surface area contributed by atoms with Crippen molar-refractivity contribution in [3.63, 3.8) is 0 Å². The molecule has 24 heavy (non-hydrogen) atoms. The van der Waals surface area contributed by atoms with E-state index in [0.29, 0.717) is 6.42 Å². The van der Waals surface area contributed by atoms with Crippen LogP contribution in [0.1, 0.15) is 34.1 Å². The van der Waals surface area contributed by atoms with Gasteiger partial charge in [0.1, 0.15) is 38.1 Å². The van der Waals surface area contributed by atoms with Crippen molar-refractivity contribution >= 4 is 17.9 Å². The minimum absolute atomic E-state index is 0.284. The van der Waals surface area contributed by atoms with Gasteiger partial charge < -0.3 is 29.5 Å². The molecule has 0 aliphatic heterocycles. The summed E-state index contributed by atoms with van der Waals surface area (Å²) in [5.41, 5.74) is -1.07. The first-order valence-corrected chi connectivity index (χ1v) is 7.58. The van der Waals surface area contributed by atoms with E-state index in [2.05, 4.69) is 0 Å². The van der Waals surface area contributed by atoms with Crippen LogP contribution < -0.4 is 0 Å². The Kier molecular flexibility index (Phi) is 9.49. The van der Waals surface area contributed by atoms with Crippen molar-refractivity contribution in [2.24, 2.45) is 5.41 Å². The Morgan fingerprint density at radius 3 is 1.17 bits per heavy atom. The number of hydrogen-bond donors (Lipinski definition) is 3. The molecule has 0 saturated carbocycles. The van der Waals surface area contributed by atoms with Gasteiger partial charge in [-0.15, -0.1) is 0 Å². The highest BCUT2D eigenvalue weighted by atomic mass is 16.6. The minimum Gasteiger partial charge on any atom is -0.463 e. The van der Waals surface area contributed by atoms with E-state index in [1.54, 1.807) is 6.92 Å². The van der Waals surface area contributed by atoms with Gasteiger partial charge in [-0.05, 0) is 27.2 Å². The summed E-state index contributed by atoms with van der Waals surface area (Å²) in [6.45, 7) is 4.54. The number of carbonyl (C=O) groups excluding carboxylic acids is 3. The van der Waals surface area contributed by atoms with Gasteiger partial charge >= 0.3 is 17.9 Å². The molecule has 0 heterocycles. The van der Waals surface area contributed by atoms with Crippen molar-refractivity contribution in [2.45, 2.75) is 52.4 Å². The normalized spacial score (nSPS) is 17.1. The van der Waals surface area contributed by atoms with Gasteiger partial charge in [0.05, 0.1) is 5.41 Å². The summed E-state index contributed by atoms with van der Waals surface area (Å²) in [6.07, 6.45) is -3.71. The van der Waals surface area contributed by atoms with E-state index in [0.717, 1.165) is 0 Å². The molecule has 0 spiro atoms. The van der Waals surface area contributed by atoms with Gasteiger partial charge in [0.15, 0.2) is 0 Å². The van der Waals surface area contributed by atoms with Gasteiger partial charge in [-0.2, -0.15) is 0 Å². The monoisotopic (exact) mass is 350 g/mol. The first-order valence-electron chi connectivity index (χ1n) is 7.58. The Hall–Kier alpha value is -1.71. The van der Waals surface area contributed by atoms with Crippen LogP contribution in [0.3, 0.4) is 0 Å². The van der Waals surface area contributed by atoms with Crippen LogP contribution in [-0.2, 0) is 28.6 Å². The topological polar surface area (TPSA) is 140 Å². The lowest BCUT2D eigenvalue weighted by Gasteiger charge is -2.31. The molecule has 0 amide bonds. The van der Waals surface area contributed by atoms with Crippen molar-refractivity contribution < 1.29 is 43.9 Å². The quantitative estimate of drug-likeness (QED) is 0.339. The van der Waals surface area contributed by atoms with Gasteiger partial charge in [-0.25, -0.2) is 14.4 Å². The molecule has 140 valence electrons. The molecule has 3 N–H and O–H groups in total. The third-order valence-corrected chi connectivity index (χ3v) is 3.34. The summed E-state index contributed by atoms with van der Waals surface area (Å²) in [4.78, 5) is 34.3. The Bertz CT molecular complexity index is 369. The van der Waals surface area contributed by atoms with E-state index in [-0.39, 0.29) is 19.8 Å². The number of aliphatic hydroxyl groups is 3. The summed E-state index contributed by atoms with van der Waals surface area (Å²) in [6, 6.07) is 0. The van der Waals surface area contributed by atoms with Crippen LogP contribution in [0.4, 0.5) is 0 Å². The van der Waals surface area contributed by atoms with E-state index >= 15 is 0 Å². The van der Waals surface area contributed by atoms with Crippen molar-refractivity contribution in [2.75, 3.05) is 19.8 Å². The molecule has 0 bridgehead atoms. The Balaban J connectivity index is 5.01. The fraction of sp³-hybridized carbons (Fsp3) is 0.800. The zero-order valence-corrected chi connectivity index (χ0v) is 14.4. The molecule has 0 aliphatic rings. The van der Waals surface area contributed by atoms with Gasteiger partial charge in [-0.1, -0.05) is 6.92 Å². The first-order chi connectivity index (χ1) is 11.0. The standard InChI is InChI=1S/C15H26O9/c1-5-15(6-22-12(19)9(2)16,7-23-13(20)10(3)17)8-24-14(21)11(4)18/h9-11,16-18H,5-8H2,1-4H3. The highest BCUT2D eigenvalue weighted by Gasteiger charge is 2.35. The SMILES string of the molecule is CCC(COC(=O)C(C)O)(COC(=O)C(C)O)COC(=O)C(C)O. The van der Waals surface area contributed by atoms with E-state index in [9.17, 15) is 14.4 Å². The fourth-order valence-corrected chi connectivity index (χ4v) is 1.47. The van der Waals surface area contributed by atoms with Crippen LogP contribution >= 0.6 is 0 Å². The number of aliphatic hydroxyl groups excluding tert-OH is 3. The molecule has 0 rings (SSSR count). The molecule has 9 heteroatoms. The maximum atomic E-state index is 11.4. The summed E-state index contributed by atoms with van der Waals surface area (Å²) in [7, 11) is 0. The summed E-state index contributed by atoms with van der Waals surface area (Å²) in [5, 5.41) is 27.5. The number of esters is 3. The second-order valence-electron chi connectivity index (χ2n) is 5.70. The third-order valence-electron chi connectivity index (χ3n) is 3.34. The van der Waals surface area contributed by atoms with Crippen molar-refractivity contribution in [1.29, 1.82) is 0 Å². The predicted octanol–water partition coefficient (Wildman–Crippen LogP) is -0.845. The zero-order chi connectivity index (χ0) is 18.9. The molecule has 0 aliphatic carbocycles. The second kappa shape index (κ2) is 10.2. The Morgan fingerprint density at radius 1 is 0.750 bits per heavy atom. The molecule has 3 unspecified atom stereocenters. The molecule has 0 aromatic heterocycles. The zero-order valence-electron chi connectivity index (χ0n) is 14.4. The minimum atomic E-state index is -1.33. The average molecular weight is 350 g/mol. The Labute approximate surface area is 140 Å². The maximum absolute atomic E-state index is 11.4. The molecule has 0 aromatic carbocycles. The molecule has 0 aromatic rings. The van der Waals surface area contributed by atoms with Gasteiger partial charge in [0, 0.05) is 0 Å². The third kappa shape index (κ3) is 7.71. The number of hydrogen-bond acceptors (Lipinski definition) is 9. The van der Waals surface area contributed by atoms with Crippen molar-refractivity contribution in [3.05, 3.63) is 0 Å². The molecule has 3 atom stereocenters. The molecular weight excluding hydrogens is 324 g/mol. The van der Waals surface area contributed by atoms with Crippen LogP contribution in [0.2, 0.25) is 0 Å². The molecule has 0 radical (unpaired) electrons. The highest BCUT2D eigenvalue weighted by molar-refractivity contribution is 5.75. The van der Waals surface area contributed by atoms with Gasteiger partial charge in [0.2, 0.25) is 0 Å². The molecule has 0 fully saturated rings. The number of ether oxygens (including phenoxy) is 3. The molecule has 0 saturated heterocycles. The summed E-state index contributed by atoms with van der Waals surface area (Å²) < 4.78 is 14.8. The second-order valence-corrected chi connectivity index (χ2v) is 5.70. The van der Waals surface area contributed by atoms with Crippen LogP contribution in [0.25, 0.3) is 0 Å². The van der Waals surface area contributed by atoms with E-state index in [1.807, 2.05) is 0 Å². The number of carbonyl (C=O) groups is 3. The smallest absolute Gasteiger partial charge is 0.334 e. The fourth-order valence-electron chi connectivity index (χ4n) is 1.47. The largest absolute Gasteiger partial charge is 0.463 e. The van der Waals surface area contributed by atoms with Crippen molar-refractivity contribution in [3.8, 4) is 0 Å². The van der Waals surface area contributed by atoms with E-state index in [4.69, 9.17) is 29.5 Å². The first kappa shape index (κ1) is 22.3. The maximum Gasteiger partial charge on any atom is 0.334 e. The van der Waals surface area contributed by atoms with Crippen LogP contribution in [0.15, 0.2) is 0 Å². The van der Waals surface area contributed by atoms with Crippen LogP contribution in [0.5, 0.6) is 0 Å².